The molecule has 1 aromatic carbocycles. The number of carbonyl (C=O) groups is 2. The average Bonchev–Trinajstić information content (AvgIpc) is 3.02. The highest BCUT2D eigenvalue weighted by Crippen LogP contribution is 2.28. The van der Waals surface area contributed by atoms with E-state index in [1.165, 1.54) is 16.2 Å². The Morgan fingerprint density at radius 2 is 2.04 bits per heavy atom. The van der Waals surface area contributed by atoms with Crippen LogP contribution in [0.4, 0.5) is 10.8 Å². The van der Waals surface area contributed by atoms with Gasteiger partial charge < -0.3 is 20.3 Å². The van der Waals surface area contributed by atoms with Gasteiger partial charge in [0.05, 0.1) is 19.3 Å². The summed E-state index contributed by atoms with van der Waals surface area (Å²) in [5, 5.41) is 8.13. The number of carbonyl (C=O) groups excluding carboxylic acids is 2. The molecular formula is C17H22N4O3S. The lowest BCUT2D eigenvalue weighted by molar-refractivity contribution is -0.122. The number of amides is 2. The highest BCUT2D eigenvalue weighted by Gasteiger charge is 2.18. The summed E-state index contributed by atoms with van der Waals surface area (Å²) in [4.78, 5) is 29.8. The summed E-state index contributed by atoms with van der Waals surface area (Å²) in [5.41, 5.74) is 1.06. The van der Waals surface area contributed by atoms with Gasteiger partial charge in [-0.25, -0.2) is 4.98 Å². The van der Waals surface area contributed by atoms with Crippen molar-refractivity contribution in [2.45, 2.75) is 19.9 Å². The van der Waals surface area contributed by atoms with Crippen LogP contribution in [0.1, 0.15) is 24.3 Å². The fourth-order valence-corrected chi connectivity index (χ4v) is 2.84. The average molecular weight is 362 g/mol. The van der Waals surface area contributed by atoms with E-state index in [2.05, 4.69) is 15.6 Å². The quantitative estimate of drug-likeness (QED) is 0.791. The van der Waals surface area contributed by atoms with Crippen molar-refractivity contribution in [3.8, 4) is 5.75 Å². The predicted molar refractivity (Wildman–Crippen MR) is 98.6 cm³/mol. The molecule has 8 heteroatoms. The number of methoxy groups -OCH3 is 1. The summed E-state index contributed by atoms with van der Waals surface area (Å²) in [7, 11) is 3.17. The molecule has 0 fully saturated rings. The molecule has 0 aliphatic rings. The van der Waals surface area contributed by atoms with Crippen molar-refractivity contribution in [3.05, 3.63) is 35.3 Å². The number of thiazole rings is 1. The summed E-state index contributed by atoms with van der Waals surface area (Å²) >= 11 is 1.31. The molecule has 0 saturated carbocycles. The molecule has 2 aromatic rings. The number of rotatable bonds is 7. The molecule has 2 N–H and O–H groups in total. The van der Waals surface area contributed by atoms with E-state index in [-0.39, 0.29) is 24.4 Å². The van der Waals surface area contributed by atoms with Crippen molar-refractivity contribution < 1.29 is 14.3 Å². The van der Waals surface area contributed by atoms with Crippen molar-refractivity contribution in [2.75, 3.05) is 26.0 Å². The van der Waals surface area contributed by atoms with E-state index in [0.29, 0.717) is 16.6 Å². The van der Waals surface area contributed by atoms with Gasteiger partial charge in [-0.3, -0.25) is 9.59 Å². The fraction of sp³-hybridized carbons (Fsp3) is 0.353. The largest absolute Gasteiger partial charge is 0.495 e. The molecule has 0 bridgehead atoms. The van der Waals surface area contributed by atoms with Crippen LogP contribution in [0, 0.1) is 0 Å². The zero-order chi connectivity index (χ0) is 18.4. The lowest BCUT2D eigenvalue weighted by Gasteiger charge is -2.16. The van der Waals surface area contributed by atoms with Gasteiger partial charge >= 0.3 is 0 Å². The minimum Gasteiger partial charge on any atom is -0.495 e. The molecule has 0 saturated heterocycles. The van der Waals surface area contributed by atoms with E-state index in [1.54, 1.807) is 19.5 Å². The molecule has 2 amide bonds. The first-order chi connectivity index (χ1) is 11.9. The van der Waals surface area contributed by atoms with Crippen molar-refractivity contribution in [1.29, 1.82) is 0 Å². The molecule has 0 unspecified atom stereocenters. The Balaban J connectivity index is 2.02. The fourth-order valence-electron chi connectivity index (χ4n) is 2.14. The lowest BCUT2D eigenvalue weighted by atomic mass is 10.3. The van der Waals surface area contributed by atoms with Gasteiger partial charge in [0.2, 0.25) is 5.91 Å². The normalized spacial score (nSPS) is 10.4. The first-order valence-corrected chi connectivity index (χ1v) is 8.69. The van der Waals surface area contributed by atoms with E-state index in [1.807, 2.05) is 38.1 Å². The minimum atomic E-state index is -0.303. The Hall–Kier alpha value is -2.61. The van der Waals surface area contributed by atoms with Gasteiger partial charge in [0, 0.05) is 18.5 Å². The number of hydrogen-bond acceptors (Lipinski definition) is 6. The molecule has 25 heavy (non-hydrogen) atoms. The van der Waals surface area contributed by atoms with E-state index in [0.717, 1.165) is 5.69 Å². The Labute approximate surface area is 151 Å². The van der Waals surface area contributed by atoms with E-state index >= 15 is 0 Å². The highest BCUT2D eigenvalue weighted by atomic mass is 32.1. The summed E-state index contributed by atoms with van der Waals surface area (Å²) in [6, 6.07) is 7.49. The molecule has 0 spiro atoms. The lowest BCUT2D eigenvalue weighted by Crippen LogP contribution is -2.40. The van der Waals surface area contributed by atoms with Crippen LogP contribution in [0.5, 0.6) is 5.75 Å². The van der Waals surface area contributed by atoms with Gasteiger partial charge in [-0.2, -0.15) is 0 Å². The number of ether oxygens (including phenoxy) is 1. The Morgan fingerprint density at radius 3 is 2.72 bits per heavy atom. The van der Waals surface area contributed by atoms with Gasteiger partial charge in [-0.05, 0) is 26.0 Å². The number of hydrogen-bond donors (Lipinski definition) is 2. The number of aromatic nitrogens is 1. The molecule has 0 radical (unpaired) electrons. The molecule has 134 valence electrons. The summed E-state index contributed by atoms with van der Waals surface area (Å²) in [6.45, 7) is 3.73. The maximum Gasteiger partial charge on any atom is 0.273 e. The maximum absolute atomic E-state index is 12.4. The zero-order valence-corrected chi connectivity index (χ0v) is 15.5. The number of benzene rings is 1. The van der Waals surface area contributed by atoms with Crippen LogP contribution < -0.4 is 15.4 Å². The van der Waals surface area contributed by atoms with Crippen LogP contribution in [-0.2, 0) is 4.79 Å². The number of nitrogens with one attached hydrogen (secondary N) is 2. The van der Waals surface area contributed by atoms with Crippen LogP contribution in [0.2, 0.25) is 0 Å². The third-order valence-corrected chi connectivity index (χ3v) is 4.01. The van der Waals surface area contributed by atoms with Gasteiger partial charge in [-0.1, -0.05) is 12.1 Å². The van der Waals surface area contributed by atoms with Crippen LogP contribution >= 0.6 is 11.3 Å². The Kier molecular flexibility index (Phi) is 6.35. The molecular weight excluding hydrogens is 340 g/mol. The first kappa shape index (κ1) is 18.7. The van der Waals surface area contributed by atoms with Crippen molar-refractivity contribution in [3.63, 3.8) is 0 Å². The zero-order valence-electron chi connectivity index (χ0n) is 14.7. The third-order valence-electron chi connectivity index (χ3n) is 3.25. The molecule has 0 aliphatic heterocycles. The predicted octanol–water partition coefficient (Wildman–Crippen LogP) is 2.49. The summed E-state index contributed by atoms with van der Waals surface area (Å²) in [6.07, 6.45) is 0. The van der Waals surface area contributed by atoms with E-state index < -0.39 is 0 Å². The van der Waals surface area contributed by atoms with Gasteiger partial charge in [0.1, 0.15) is 11.4 Å². The second-order valence-corrected chi connectivity index (χ2v) is 6.60. The van der Waals surface area contributed by atoms with Crippen molar-refractivity contribution in [2.24, 2.45) is 0 Å². The van der Waals surface area contributed by atoms with Gasteiger partial charge in [0.15, 0.2) is 5.13 Å². The van der Waals surface area contributed by atoms with E-state index in [4.69, 9.17) is 4.74 Å². The summed E-state index contributed by atoms with van der Waals surface area (Å²) in [5.74, 6) is 0.185. The standard InChI is InChI=1S/C17H22N4O3S/c1-11(2)18-15(22)9-21(3)16(23)13-10-25-17(20-13)19-12-7-5-6-8-14(12)24-4/h5-8,10-11H,9H2,1-4H3,(H,18,22)(H,19,20). The second-order valence-electron chi connectivity index (χ2n) is 5.75. The minimum absolute atomic E-state index is 0.0101. The van der Waals surface area contributed by atoms with Crippen LogP contribution in [0.3, 0.4) is 0 Å². The third kappa shape index (κ3) is 5.18. The molecule has 0 aliphatic carbocycles. The number of nitrogens with zero attached hydrogens (tertiary/aromatic N) is 2. The van der Waals surface area contributed by atoms with Crippen molar-refractivity contribution >= 4 is 34.0 Å². The highest BCUT2D eigenvalue weighted by molar-refractivity contribution is 7.14. The van der Waals surface area contributed by atoms with Gasteiger partial charge in [-0.15, -0.1) is 11.3 Å². The molecule has 7 nitrogen and oxygen atoms in total. The molecule has 2 rings (SSSR count). The Morgan fingerprint density at radius 1 is 1.32 bits per heavy atom. The van der Waals surface area contributed by atoms with Crippen molar-refractivity contribution in [1.82, 2.24) is 15.2 Å². The number of anilines is 2. The molecule has 1 heterocycles. The van der Waals surface area contributed by atoms with E-state index in [9.17, 15) is 9.59 Å². The molecule has 1 aromatic heterocycles. The van der Waals surface area contributed by atoms with Gasteiger partial charge in [0.25, 0.3) is 5.91 Å². The number of likely N-dealkylation sites (N-methyl/N-ethyl adjacent to an activating group) is 1. The monoisotopic (exact) mass is 362 g/mol. The maximum atomic E-state index is 12.4. The van der Waals surface area contributed by atoms with Crippen LogP contribution in [0.25, 0.3) is 0 Å². The first-order valence-electron chi connectivity index (χ1n) is 7.81. The van der Waals surface area contributed by atoms with Crippen LogP contribution in [-0.4, -0.2) is 48.4 Å². The number of para-hydroxylation sites is 2. The smallest absolute Gasteiger partial charge is 0.273 e. The summed E-state index contributed by atoms with van der Waals surface area (Å²) < 4.78 is 5.28. The Bertz CT molecular complexity index is 745. The van der Waals surface area contributed by atoms with Crippen LogP contribution in [0.15, 0.2) is 29.6 Å². The topological polar surface area (TPSA) is 83.6 Å². The SMILES string of the molecule is COc1ccccc1Nc1nc(C(=O)N(C)CC(=O)NC(C)C)cs1. The second kappa shape index (κ2) is 8.48. The molecule has 0 atom stereocenters.